The maximum absolute atomic E-state index is 14.2. The lowest BCUT2D eigenvalue weighted by atomic mass is 10.1. The van der Waals surface area contributed by atoms with Gasteiger partial charge in [0, 0.05) is 24.6 Å². The van der Waals surface area contributed by atoms with Gasteiger partial charge in [0.2, 0.25) is 11.8 Å². The van der Waals surface area contributed by atoms with E-state index in [4.69, 9.17) is 9.47 Å². The van der Waals surface area contributed by atoms with Crippen molar-refractivity contribution >= 4 is 11.8 Å². The first-order valence-electron chi connectivity index (χ1n) is 10.3. The predicted molar refractivity (Wildman–Crippen MR) is 118 cm³/mol. The number of amides is 2. The fourth-order valence-corrected chi connectivity index (χ4v) is 3.23. The second kappa shape index (κ2) is 11.3. The molecule has 0 spiro atoms. The molecule has 2 amide bonds. The number of nitrogens with one attached hydrogen (secondary N) is 1. The van der Waals surface area contributed by atoms with Crippen LogP contribution in [0.3, 0.4) is 0 Å². The monoisotopic (exact) mass is 430 g/mol. The third-order valence-electron chi connectivity index (χ3n) is 4.97. The molecule has 0 radical (unpaired) electrons. The number of rotatable bonds is 10. The minimum absolute atomic E-state index is 0.0180. The summed E-state index contributed by atoms with van der Waals surface area (Å²) in [7, 11) is 3.11. The van der Waals surface area contributed by atoms with Crippen LogP contribution in [0.25, 0.3) is 0 Å². The molecular weight excluding hydrogens is 399 g/mol. The molecule has 0 aliphatic heterocycles. The summed E-state index contributed by atoms with van der Waals surface area (Å²) in [6.07, 6.45) is 0.620. The van der Waals surface area contributed by atoms with E-state index in [1.165, 1.54) is 11.0 Å². The number of hydrogen-bond acceptors (Lipinski definition) is 4. The smallest absolute Gasteiger partial charge is 0.242 e. The lowest BCUT2D eigenvalue weighted by Gasteiger charge is -2.29. The van der Waals surface area contributed by atoms with Crippen LogP contribution in [0, 0.1) is 5.82 Å². The Morgan fingerprint density at radius 3 is 2.32 bits per heavy atom. The summed E-state index contributed by atoms with van der Waals surface area (Å²) in [6.45, 7) is 5.38. The Kier molecular flexibility index (Phi) is 8.85. The van der Waals surface area contributed by atoms with Crippen LogP contribution in [0.2, 0.25) is 0 Å². The van der Waals surface area contributed by atoms with Gasteiger partial charge in [0.25, 0.3) is 0 Å². The number of carbonyl (C=O) groups excluding carboxylic acids is 2. The lowest BCUT2D eigenvalue weighted by Crippen LogP contribution is -2.49. The minimum atomic E-state index is -0.736. The van der Waals surface area contributed by atoms with E-state index >= 15 is 0 Å². The Balaban J connectivity index is 2.19. The highest BCUT2D eigenvalue weighted by Crippen LogP contribution is 2.28. The van der Waals surface area contributed by atoms with Crippen molar-refractivity contribution in [1.82, 2.24) is 10.2 Å². The molecule has 0 saturated carbocycles. The molecule has 0 aliphatic rings. The van der Waals surface area contributed by atoms with Crippen molar-refractivity contribution in [1.29, 1.82) is 0 Å². The van der Waals surface area contributed by atoms with Crippen molar-refractivity contribution in [2.45, 2.75) is 52.2 Å². The molecule has 0 heterocycles. The Labute approximate surface area is 183 Å². The Morgan fingerprint density at radius 1 is 1.03 bits per heavy atom. The third kappa shape index (κ3) is 6.70. The first kappa shape index (κ1) is 24.2. The third-order valence-corrected chi connectivity index (χ3v) is 4.97. The van der Waals surface area contributed by atoms with Crippen LogP contribution in [-0.4, -0.2) is 43.0 Å². The summed E-state index contributed by atoms with van der Waals surface area (Å²) in [6, 6.07) is 11.0. The normalized spacial score (nSPS) is 11.7. The summed E-state index contributed by atoms with van der Waals surface area (Å²) in [5, 5.41) is 2.82. The van der Waals surface area contributed by atoms with Gasteiger partial charge >= 0.3 is 0 Å². The van der Waals surface area contributed by atoms with Crippen LogP contribution >= 0.6 is 0 Å². The van der Waals surface area contributed by atoms with Gasteiger partial charge in [-0.2, -0.15) is 0 Å². The molecule has 1 N–H and O–H groups in total. The number of nitrogens with zero attached hydrogens (tertiary/aromatic N) is 1. The van der Waals surface area contributed by atoms with Crippen LogP contribution < -0.4 is 14.8 Å². The van der Waals surface area contributed by atoms with Crippen LogP contribution in [-0.2, 0) is 22.6 Å². The topological polar surface area (TPSA) is 67.9 Å². The number of halogens is 1. The summed E-state index contributed by atoms with van der Waals surface area (Å²) in [4.78, 5) is 27.1. The number of aryl methyl sites for hydroxylation is 1. The molecule has 2 aromatic carbocycles. The molecule has 31 heavy (non-hydrogen) atoms. The zero-order valence-corrected chi connectivity index (χ0v) is 18.8. The highest BCUT2D eigenvalue weighted by molar-refractivity contribution is 5.87. The highest BCUT2D eigenvalue weighted by Gasteiger charge is 2.27. The van der Waals surface area contributed by atoms with E-state index < -0.39 is 11.9 Å². The second-order valence-corrected chi connectivity index (χ2v) is 7.64. The van der Waals surface area contributed by atoms with Gasteiger partial charge in [-0.25, -0.2) is 4.39 Å². The van der Waals surface area contributed by atoms with Gasteiger partial charge < -0.3 is 19.7 Å². The van der Waals surface area contributed by atoms with Crippen molar-refractivity contribution in [3.8, 4) is 11.5 Å². The molecule has 2 aromatic rings. The molecule has 0 aromatic heterocycles. The van der Waals surface area contributed by atoms with Crippen LogP contribution in [0.4, 0.5) is 4.39 Å². The molecule has 0 bridgehead atoms. The molecule has 7 heteroatoms. The van der Waals surface area contributed by atoms with Gasteiger partial charge in [0.05, 0.1) is 14.2 Å². The largest absolute Gasteiger partial charge is 0.493 e. The van der Waals surface area contributed by atoms with E-state index in [-0.39, 0.29) is 30.8 Å². The van der Waals surface area contributed by atoms with E-state index in [0.717, 1.165) is 5.56 Å². The number of ether oxygens (including phenoxy) is 2. The van der Waals surface area contributed by atoms with Gasteiger partial charge in [0.1, 0.15) is 11.9 Å². The second-order valence-electron chi connectivity index (χ2n) is 7.64. The number of methoxy groups -OCH3 is 2. The summed E-state index contributed by atoms with van der Waals surface area (Å²) in [5.41, 5.74) is 1.27. The number of carbonyl (C=O) groups is 2. The Morgan fingerprint density at radius 2 is 1.71 bits per heavy atom. The van der Waals surface area contributed by atoms with E-state index in [9.17, 15) is 14.0 Å². The zero-order valence-electron chi connectivity index (χ0n) is 18.8. The molecule has 0 fully saturated rings. The summed E-state index contributed by atoms with van der Waals surface area (Å²) >= 11 is 0. The quantitative estimate of drug-likeness (QED) is 0.624. The fourth-order valence-electron chi connectivity index (χ4n) is 3.23. The molecule has 2 rings (SSSR count). The minimum Gasteiger partial charge on any atom is -0.493 e. The first-order valence-corrected chi connectivity index (χ1v) is 10.3. The molecule has 0 saturated heterocycles. The number of benzene rings is 2. The Bertz CT molecular complexity index is 901. The standard InChI is InChI=1S/C24H31FN2O4/c1-16(2)26-24(29)17(3)27(15-19-8-6-7-9-20(19)25)23(28)13-11-18-10-12-21(30-4)22(14-18)31-5/h6-10,12,14,16-17H,11,13,15H2,1-5H3,(H,26,29). The predicted octanol–water partition coefficient (Wildman–Crippen LogP) is 3.72. The van der Waals surface area contributed by atoms with Crippen molar-refractivity contribution in [3.05, 3.63) is 59.4 Å². The fraction of sp³-hybridized carbons (Fsp3) is 0.417. The van der Waals surface area contributed by atoms with Crippen LogP contribution in [0.5, 0.6) is 11.5 Å². The van der Waals surface area contributed by atoms with E-state index in [2.05, 4.69) is 5.32 Å². The van der Waals surface area contributed by atoms with Crippen molar-refractivity contribution < 1.29 is 23.5 Å². The van der Waals surface area contributed by atoms with E-state index in [1.54, 1.807) is 45.4 Å². The van der Waals surface area contributed by atoms with E-state index in [0.29, 0.717) is 23.5 Å². The molecule has 1 atom stereocenters. The molecule has 6 nitrogen and oxygen atoms in total. The van der Waals surface area contributed by atoms with E-state index in [1.807, 2.05) is 26.0 Å². The maximum atomic E-state index is 14.2. The van der Waals surface area contributed by atoms with Crippen molar-refractivity contribution in [2.24, 2.45) is 0 Å². The van der Waals surface area contributed by atoms with Crippen molar-refractivity contribution in [3.63, 3.8) is 0 Å². The number of hydrogen-bond donors (Lipinski definition) is 1. The lowest BCUT2D eigenvalue weighted by molar-refractivity contribution is -0.140. The summed E-state index contributed by atoms with van der Waals surface area (Å²) in [5.74, 6) is 0.282. The molecule has 0 aliphatic carbocycles. The maximum Gasteiger partial charge on any atom is 0.242 e. The summed E-state index contributed by atoms with van der Waals surface area (Å²) < 4.78 is 24.8. The highest BCUT2D eigenvalue weighted by atomic mass is 19.1. The first-order chi connectivity index (χ1) is 14.8. The molecule has 1 unspecified atom stereocenters. The van der Waals surface area contributed by atoms with Crippen molar-refractivity contribution in [2.75, 3.05) is 14.2 Å². The van der Waals surface area contributed by atoms with Gasteiger partial charge in [0.15, 0.2) is 11.5 Å². The van der Waals surface area contributed by atoms with Gasteiger partial charge in [-0.3, -0.25) is 9.59 Å². The molecule has 168 valence electrons. The zero-order chi connectivity index (χ0) is 23.0. The average molecular weight is 431 g/mol. The average Bonchev–Trinajstić information content (AvgIpc) is 2.75. The van der Waals surface area contributed by atoms with Gasteiger partial charge in [-0.15, -0.1) is 0 Å². The van der Waals surface area contributed by atoms with Gasteiger partial charge in [-0.1, -0.05) is 24.3 Å². The van der Waals surface area contributed by atoms with Crippen LogP contribution in [0.15, 0.2) is 42.5 Å². The van der Waals surface area contributed by atoms with Crippen LogP contribution in [0.1, 0.15) is 38.3 Å². The Hall–Kier alpha value is -3.09. The SMILES string of the molecule is COc1ccc(CCC(=O)N(Cc2ccccc2F)C(C)C(=O)NC(C)C)cc1OC. The van der Waals surface area contributed by atoms with Gasteiger partial charge in [-0.05, 0) is 51.0 Å². The molecular formula is C24H31FN2O4.